The summed E-state index contributed by atoms with van der Waals surface area (Å²) in [5.74, 6) is 0.930. The van der Waals surface area contributed by atoms with Crippen LogP contribution < -0.4 is 5.32 Å². The van der Waals surface area contributed by atoms with E-state index in [0.29, 0.717) is 6.04 Å². The van der Waals surface area contributed by atoms with Crippen molar-refractivity contribution in [3.8, 4) is 0 Å². The third-order valence-electron chi connectivity index (χ3n) is 3.10. The van der Waals surface area contributed by atoms with Crippen molar-refractivity contribution in [2.75, 3.05) is 6.54 Å². The van der Waals surface area contributed by atoms with Gasteiger partial charge in [0.05, 0.1) is 6.10 Å². The molecule has 0 aromatic rings. The Morgan fingerprint density at radius 1 is 1.08 bits per heavy atom. The van der Waals surface area contributed by atoms with Crippen LogP contribution in [0.1, 0.15) is 38.5 Å². The molecule has 1 unspecified atom stereocenters. The highest BCUT2D eigenvalue weighted by atomic mass is 16.3. The molecule has 2 heteroatoms. The average Bonchev–Trinajstić information content (AvgIpc) is 2.86. The quantitative estimate of drug-likeness (QED) is 0.667. The lowest BCUT2D eigenvalue weighted by atomic mass is 9.92. The van der Waals surface area contributed by atoms with Crippen LogP contribution in [-0.2, 0) is 0 Å². The van der Waals surface area contributed by atoms with E-state index in [1.165, 1.54) is 32.1 Å². The molecular formula is C10H19NO. The van der Waals surface area contributed by atoms with Gasteiger partial charge in [-0.1, -0.05) is 12.8 Å². The molecule has 0 amide bonds. The molecule has 0 aliphatic heterocycles. The first-order valence-corrected chi connectivity index (χ1v) is 5.28. The van der Waals surface area contributed by atoms with Crippen LogP contribution in [0.25, 0.3) is 0 Å². The van der Waals surface area contributed by atoms with Crippen molar-refractivity contribution in [1.82, 2.24) is 5.32 Å². The second-order valence-corrected chi connectivity index (χ2v) is 4.31. The molecule has 0 radical (unpaired) electrons. The van der Waals surface area contributed by atoms with E-state index in [-0.39, 0.29) is 6.10 Å². The SMILES string of the molecule is O[C@H]1CCCCC1NCC1CC1. The first-order chi connectivity index (χ1) is 5.86. The van der Waals surface area contributed by atoms with E-state index in [0.717, 1.165) is 18.9 Å². The van der Waals surface area contributed by atoms with E-state index in [1.807, 2.05) is 0 Å². The Morgan fingerprint density at radius 2 is 1.83 bits per heavy atom. The zero-order valence-corrected chi connectivity index (χ0v) is 7.63. The maximum absolute atomic E-state index is 9.64. The molecule has 2 atom stereocenters. The van der Waals surface area contributed by atoms with Gasteiger partial charge in [0.15, 0.2) is 0 Å². The molecule has 0 aromatic heterocycles. The average molecular weight is 169 g/mol. The fourth-order valence-corrected chi connectivity index (χ4v) is 1.99. The lowest BCUT2D eigenvalue weighted by Crippen LogP contribution is -2.42. The van der Waals surface area contributed by atoms with Gasteiger partial charge >= 0.3 is 0 Å². The molecule has 12 heavy (non-hydrogen) atoms. The topological polar surface area (TPSA) is 32.3 Å². The van der Waals surface area contributed by atoms with Gasteiger partial charge in [-0.3, -0.25) is 0 Å². The number of nitrogens with one attached hydrogen (secondary N) is 1. The normalized spacial score (nSPS) is 36.8. The van der Waals surface area contributed by atoms with Crippen LogP contribution in [0.2, 0.25) is 0 Å². The molecule has 0 saturated heterocycles. The Bertz CT molecular complexity index is 145. The first kappa shape index (κ1) is 8.52. The molecule has 2 nitrogen and oxygen atoms in total. The number of aliphatic hydroxyl groups excluding tert-OH is 1. The molecule has 2 aliphatic rings. The van der Waals surface area contributed by atoms with E-state index in [4.69, 9.17) is 0 Å². The molecule has 2 saturated carbocycles. The highest BCUT2D eigenvalue weighted by Gasteiger charge is 2.26. The molecule has 0 aromatic carbocycles. The van der Waals surface area contributed by atoms with Crippen molar-refractivity contribution in [2.45, 2.75) is 50.7 Å². The molecule has 2 fully saturated rings. The van der Waals surface area contributed by atoms with Crippen LogP contribution in [0.15, 0.2) is 0 Å². The van der Waals surface area contributed by atoms with Crippen LogP contribution in [0.5, 0.6) is 0 Å². The third-order valence-corrected chi connectivity index (χ3v) is 3.10. The Balaban J connectivity index is 1.68. The molecular weight excluding hydrogens is 150 g/mol. The summed E-state index contributed by atoms with van der Waals surface area (Å²) in [7, 11) is 0. The van der Waals surface area contributed by atoms with Gasteiger partial charge in [-0.2, -0.15) is 0 Å². The Labute approximate surface area is 74.4 Å². The van der Waals surface area contributed by atoms with Crippen LogP contribution in [0.3, 0.4) is 0 Å². The second kappa shape index (κ2) is 3.75. The third kappa shape index (κ3) is 2.20. The Morgan fingerprint density at radius 3 is 2.50 bits per heavy atom. The highest BCUT2D eigenvalue weighted by molar-refractivity contribution is 4.83. The highest BCUT2D eigenvalue weighted by Crippen LogP contribution is 2.28. The molecule has 2 N–H and O–H groups in total. The zero-order valence-electron chi connectivity index (χ0n) is 7.63. The fourth-order valence-electron chi connectivity index (χ4n) is 1.99. The molecule has 2 rings (SSSR count). The van der Waals surface area contributed by atoms with Crippen molar-refractivity contribution in [3.05, 3.63) is 0 Å². The monoisotopic (exact) mass is 169 g/mol. The van der Waals surface area contributed by atoms with Crippen LogP contribution >= 0.6 is 0 Å². The van der Waals surface area contributed by atoms with Gasteiger partial charge in [0.25, 0.3) is 0 Å². The van der Waals surface area contributed by atoms with Crippen molar-refractivity contribution >= 4 is 0 Å². The fraction of sp³-hybridized carbons (Fsp3) is 1.00. The Kier molecular flexibility index (Phi) is 2.66. The van der Waals surface area contributed by atoms with Gasteiger partial charge in [-0.05, 0) is 38.1 Å². The van der Waals surface area contributed by atoms with Gasteiger partial charge in [-0.15, -0.1) is 0 Å². The summed E-state index contributed by atoms with van der Waals surface area (Å²) >= 11 is 0. The van der Waals surface area contributed by atoms with E-state index in [9.17, 15) is 5.11 Å². The van der Waals surface area contributed by atoms with Gasteiger partial charge in [0.1, 0.15) is 0 Å². The van der Waals surface area contributed by atoms with E-state index in [1.54, 1.807) is 0 Å². The summed E-state index contributed by atoms with van der Waals surface area (Å²) in [5, 5.41) is 13.1. The number of rotatable bonds is 3. The largest absolute Gasteiger partial charge is 0.392 e. The van der Waals surface area contributed by atoms with E-state index < -0.39 is 0 Å². The first-order valence-electron chi connectivity index (χ1n) is 5.28. The minimum absolute atomic E-state index is 0.0718. The summed E-state index contributed by atoms with van der Waals surface area (Å²) in [5.41, 5.74) is 0. The van der Waals surface area contributed by atoms with Crippen LogP contribution in [-0.4, -0.2) is 23.8 Å². The molecule has 0 bridgehead atoms. The van der Waals surface area contributed by atoms with E-state index >= 15 is 0 Å². The second-order valence-electron chi connectivity index (χ2n) is 4.31. The smallest absolute Gasteiger partial charge is 0.0693 e. The number of hydrogen-bond acceptors (Lipinski definition) is 2. The lowest BCUT2D eigenvalue weighted by Gasteiger charge is -2.28. The van der Waals surface area contributed by atoms with Crippen molar-refractivity contribution < 1.29 is 5.11 Å². The number of hydrogen-bond donors (Lipinski definition) is 2. The maximum atomic E-state index is 9.64. The molecule has 2 aliphatic carbocycles. The Hall–Kier alpha value is -0.0800. The predicted octanol–water partition coefficient (Wildman–Crippen LogP) is 1.29. The lowest BCUT2D eigenvalue weighted by molar-refractivity contribution is 0.0906. The van der Waals surface area contributed by atoms with Gasteiger partial charge in [0, 0.05) is 6.04 Å². The van der Waals surface area contributed by atoms with Crippen LogP contribution in [0.4, 0.5) is 0 Å². The van der Waals surface area contributed by atoms with Crippen molar-refractivity contribution in [1.29, 1.82) is 0 Å². The van der Waals surface area contributed by atoms with Gasteiger partial charge < -0.3 is 10.4 Å². The summed E-state index contributed by atoms with van der Waals surface area (Å²) in [4.78, 5) is 0. The maximum Gasteiger partial charge on any atom is 0.0693 e. The van der Waals surface area contributed by atoms with Gasteiger partial charge in [0.2, 0.25) is 0 Å². The zero-order chi connectivity index (χ0) is 8.39. The van der Waals surface area contributed by atoms with Crippen molar-refractivity contribution in [3.63, 3.8) is 0 Å². The summed E-state index contributed by atoms with van der Waals surface area (Å²) < 4.78 is 0. The summed E-state index contributed by atoms with van der Waals surface area (Å²) in [6.45, 7) is 1.14. The summed E-state index contributed by atoms with van der Waals surface area (Å²) in [6, 6.07) is 0.402. The predicted molar refractivity (Wildman–Crippen MR) is 49.0 cm³/mol. The van der Waals surface area contributed by atoms with E-state index in [2.05, 4.69) is 5.32 Å². The molecule has 0 spiro atoms. The van der Waals surface area contributed by atoms with Crippen molar-refractivity contribution in [2.24, 2.45) is 5.92 Å². The standard InChI is InChI=1S/C10H19NO/c12-10-4-2-1-3-9(10)11-7-8-5-6-8/h8-12H,1-7H2/t9?,10-/m0/s1. The minimum atomic E-state index is -0.0718. The molecule has 0 heterocycles. The van der Waals surface area contributed by atoms with Crippen LogP contribution in [0, 0.1) is 5.92 Å². The molecule has 70 valence electrons. The minimum Gasteiger partial charge on any atom is -0.392 e. The van der Waals surface area contributed by atoms with Gasteiger partial charge in [-0.25, -0.2) is 0 Å². The summed E-state index contributed by atoms with van der Waals surface area (Å²) in [6.07, 6.45) is 7.40. The number of aliphatic hydroxyl groups is 1.